The lowest BCUT2D eigenvalue weighted by molar-refractivity contribution is 0.661. The SMILES string of the molecule is Cc1c(-n2c3ccccc3c3c4ccccc4c(-c4ccccc4)cc32)nc2c(oc3ccccc32)c1-c1cccc2c1oc1ccc3c4ccccc4oc3c12. The largest absolute Gasteiger partial charge is 0.455 e. The van der Waals surface area contributed by atoms with Gasteiger partial charge in [0.15, 0.2) is 5.58 Å². The van der Waals surface area contributed by atoms with E-state index in [-0.39, 0.29) is 0 Å². The summed E-state index contributed by atoms with van der Waals surface area (Å²) >= 11 is 0. The number of hydrogen-bond donors (Lipinski definition) is 0. The van der Waals surface area contributed by atoms with Crippen molar-refractivity contribution in [3.63, 3.8) is 0 Å². The molecule has 8 aromatic carbocycles. The minimum atomic E-state index is 0.732. The molecular weight excluding hydrogens is 701 g/mol. The molecule has 0 aliphatic carbocycles. The van der Waals surface area contributed by atoms with Gasteiger partial charge in [-0.15, -0.1) is 0 Å². The fourth-order valence-corrected chi connectivity index (χ4v) is 9.50. The number of fused-ring (bicyclic) bond motifs is 15. The summed E-state index contributed by atoms with van der Waals surface area (Å²) in [4.78, 5) is 5.59. The molecule has 5 heteroatoms. The van der Waals surface area contributed by atoms with Crippen molar-refractivity contribution in [1.82, 2.24) is 9.55 Å². The number of benzene rings is 8. The van der Waals surface area contributed by atoms with E-state index in [1.165, 1.54) is 32.7 Å². The molecule has 57 heavy (non-hydrogen) atoms. The highest BCUT2D eigenvalue weighted by molar-refractivity contribution is 6.26. The van der Waals surface area contributed by atoms with Gasteiger partial charge in [-0.2, -0.15) is 0 Å². The van der Waals surface area contributed by atoms with Gasteiger partial charge < -0.3 is 13.3 Å². The van der Waals surface area contributed by atoms with Crippen molar-refractivity contribution in [1.29, 1.82) is 0 Å². The summed E-state index contributed by atoms with van der Waals surface area (Å²) in [5.74, 6) is 0.845. The molecule has 266 valence electrons. The zero-order valence-electron chi connectivity index (χ0n) is 30.7. The molecular formula is C52H30N2O3. The third kappa shape index (κ3) is 4.09. The molecule has 0 atom stereocenters. The number of rotatable bonds is 3. The molecule has 0 saturated heterocycles. The second-order valence-electron chi connectivity index (χ2n) is 15.0. The van der Waals surface area contributed by atoms with Gasteiger partial charge in [0.2, 0.25) is 0 Å². The van der Waals surface area contributed by atoms with E-state index in [0.29, 0.717) is 0 Å². The van der Waals surface area contributed by atoms with E-state index in [4.69, 9.17) is 18.2 Å². The fourth-order valence-electron chi connectivity index (χ4n) is 9.50. The molecule has 0 aliphatic heterocycles. The van der Waals surface area contributed by atoms with E-state index in [1.54, 1.807) is 0 Å². The number of nitrogens with zero attached hydrogens (tertiary/aromatic N) is 2. The van der Waals surface area contributed by atoms with Crippen molar-refractivity contribution in [2.24, 2.45) is 0 Å². The molecule has 13 aromatic rings. The van der Waals surface area contributed by atoms with E-state index >= 15 is 0 Å². The van der Waals surface area contributed by atoms with Gasteiger partial charge in [0.1, 0.15) is 39.2 Å². The Morgan fingerprint density at radius 2 is 1.07 bits per heavy atom. The highest BCUT2D eigenvalue weighted by Crippen LogP contribution is 2.47. The van der Waals surface area contributed by atoms with Crippen LogP contribution in [0.3, 0.4) is 0 Å². The highest BCUT2D eigenvalue weighted by atomic mass is 16.3. The molecule has 0 saturated carbocycles. The van der Waals surface area contributed by atoms with Gasteiger partial charge >= 0.3 is 0 Å². The topological polar surface area (TPSA) is 57.2 Å². The summed E-state index contributed by atoms with van der Waals surface area (Å²) < 4.78 is 22.6. The van der Waals surface area contributed by atoms with E-state index in [2.05, 4.69) is 151 Å². The summed E-state index contributed by atoms with van der Waals surface area (Å²) in [5.41, 5.74) is 13.0. The van der Waals surface area contributed by atoms with Crippen LogP contribution in [0.2, 0.25) is 0 Å². The maximum atomic E-state index is 6.88. The average molecular weight is 731 g/mol. The van der Waals surface area contributed by atoms with Gasteiger partial charge in [-0.05, 0) is 71.3 Å². The normalized spacial score (nSPS) is 12.3. The van der Waals surface area contributed by atoms with E-state index in [9.17, 15) is 0 Å². The Hall–Kier alpha value is -7.63. The molecule has 5 aromatic heterocycles. The molecule has 0 spiro atoms. The third-order valence-corrected chi connectivity index (χ3v) is 12.0. The van der Waals surface area contributed by atoms with Crippen LogP contribution in [0.1, 0.15) is 5.56 Å². The molecule has 0 radical (unpaired) electrons. The summed E-state index contributed by atoms with van der Waals surface area (Å²) in [6, 6.07) is 57.4. The fraction of sp³-hybridized carbons (Fsp3) is 0.0192. The Kier molecular flexibility index (Phi) is 6.04. The predicted molar refractivity (Wildman–Crippen MR) is 234 cm³/mol. The van der Waals surface area contributed by atoms with Crippen LogP contribution in [0.15, 0.2) is 177 Å². The first-order valence-electron chi connectivity index (χ1n) is 19.3. The van der Waals surface area contributed by atoms with Crippen LogP contribution in [0.5, 0.6) is 0 Å². The molecule has 13 rings (SSSR count). The number of aromatic nitrogens is 2. The van der Waals surface area contributed by atoms with Gasteiger partial charge in [-0.25, -0.2) is 4.98 Å². The zero-order valence-corrected chi connectivity index (χ0v) is 30.7. The van der Waals surface area contributed by atoms with Gasteiger partial charge in [0, 0.05) is 49.0 Å². The first-order valence-corrected chi connectivity index (χ1v) is 19.3. The Morgan fingerprint density at radius 3 is 1.91 bits per heavy atom. The van der Waals surface area contributed by atoms with E-state index < -0.39 is 0 Å². The van der Waals surface area contributed by atoms with Crippen LogP contribution < -0.4 is 0 Å². The number of para-hydroxylation sites is 4. The predicted octanol–water partition coefficient (Wildman–Crippen LogP) is 14.7. The minimum absolute atomic E-state index is 0.732. The van der Waals surface area contributed by atoms with Crippen molar-refractivity contribution in [2.45, 2.75) is 6.92 Å². The van der Waals surface area contributed by atoms with Gasteiger partial charge in [0.25, 0.3) is 0 Å². The molecule has 5 heterocycles. The Bertz CT molecular complexity index is 3820. The summed E-state index contributed by atoms with van der Waals surface area (Å²) in [6.07, 6.45) is 0. The van der Waals surface area contributed by atoms with Crippen LogP contribution >= 0.6 is 0 Å². The van der Waals surface area contributed by atoms with Crippen LogP contribution in [0.25, 0.3) is 127 Å². The Balaban J connectivity index is 1.18. The van der Waals surface area contributed by atoms with E-state index in [0.717, 1.165) is 99.5 Å². The smallest absolute Gasteiger partial charge is 0.162 e. The van der Waals surface area contributed by atoms with Crippen LogP contribution in [0, 0.1) is 6.92 Å². The second-order valence-corrected chi connectivity index (χ2v) is 15.0. The zero-order chi connectivity index (χ0) is 37.4. The first kappa shape index (κ1) is 30.7. The summed E-state index contributed by atoms with van der Waals surface area (Å²) in [7, 11) is 0. The van der Waals surface area contributed by atoms with Crippen molar-refractivity contribution in [2.75, 3.05) is 0 Å². The standard InChI is InChI=1S/C52H30N2O3/c1-29-45(37-21-13-22-38-47-44(57-49(37)38)27-26-34-32-17-8-11-24-42(32)55-50(34)47)51-48(36-20-9-12-25-43(36)56-51)53-52(29)54-40-23-10-7-19-35(40)46-33-18-6-5-16-31(33)39(28-41(46)54)30-14-3-2-4-15-30/h2-28H,1H3. The molecule has 0 aliphatic rings. The Labute approximate surface area is 324 Å². The third-order valence-electron chi connectivity index (χ3n) is 12.0. The second kappa shape index (κ2) is 11.2. The summed E-state index contributed by atoms with van der Waals surface area (Å²) in [6.45, 7) is 2.17. The molecule has 0 bridgehead atoms. The molecule has 0 fully saturated rings. The lowest BCUT2D eigenvalue weighted by Gasteiger charge is -2.16. The van der Waals surface area contributed by atoms with Crippen LogP contribution in [-0.4, -0.2) is 9.55 Å². The molecule has 0 unspecified atom stereocenters. The van der Waals surface area contributed by atoms with Crippen LogP contribution in [0.4, 0.5) is 0 Å². The van der Waals surface area contributed by atoms with Crippen molar-refractivity contribution < 1.29 is 13.3 Å². The van der Waals surface area contributed by atoms with Crippen molar-refractivity contribution >= 4 is 98.5 Å². The Morgan fingerprint density at radius 1 is 0.421 bits per heavy atom. The lowest BCUT2D eigenvalue weighted by Crippen LogP contribution is -2.03. The lowest BCUT2D eigenvalue weighted by atomic mass is 9.95. The number of furan rings is 3. The molecule has 5 nitrogen and oxygen atoms in total. The number of hydrogen-bond acceptors (Lipinski definition) is 4. The maximum absolute atomic E-state index is 6.88. The highest BCUT2D eigenvalue weighted by Gasteiger charge is 2.27. The summed E-state index contributed by atoms with van der Waals surface area (Å²) in [5, 5.41) is 9.90. The maximum Gasteiger partial charge on any atom is 0.162 e. The van der Waals surface area contributed by atoms with Gasteiger partial charge in [-0.3, -0.25) is 4.57 Å². The molecule has 0 amide bonds. The van der Waals surface area contributed by atoms with Gasteiger partial charge in [0.05, 0.1) is 16.4 Å². The first-order chi connectivity index (χ1) is 28.2. The quantitative estimate of drug-likeness (QED) is 0.182. The van der Waals surface area contributed by atoms with Crippen LogP contribution in [-0.2, 0) is 0 Å². The van der Waals surface area contributed by atoms with Gasteiger partial charge in [-0.1, -0.05) is 121 Å². The average Bonchev–Trinajstić information content (AvgIpc) is 4.02. The van der Waals surface area contributed by atoms with E-state index in [1.807, 2.05) is 24.3 Å². The minimum Gasteiger partial charge on any atom is -0.455 e. The monoisotopic (exact) mass is 730 g/mol. The molecule has 0 N–H and O–H groups in total. The number of pyridine rings is 1. The van der Waals surface area contributed by atoms with Crippen molar-refractivity contribution in [3.05, 3.63) is 169 Å². The van der Waals surface area contributed by atoms with Crippen molar-refractivity contribution in [3.8, 4) is 28.1 Å².